The van der Waals surface area contributed by atoms with E-state index in [4.69, 9.17) is 27.8 Å². The molecule has 0 aromatic heterocycles. The molecule has 1 unspecified atom stereocenters. The molecule has 0 bridgehead atoms. The minimum atomic E-state index is -0.763. The average molecular weight is 284 g/mol. The van der Waals surface area contributed by atoms with Crippen molar-refractivity contribution < 1.29 is 14.3 Å². The van der Waals surface area contributed by atoms with Crippen molar-refractivity contribution in [3.8, 4) is 0 Å². The number of morpholine rings is 1. The Morgan fingerprint density at radius 1 is 1.37 bits per heavy atom. The van der Waals surface area contributed by atoms with Crippen molar-refractivity contribution in [1.82, 2.24) is 4.90 Å². The maximum absolute atomic E-state index is 12.4. The first-order chi connectivity index (χ1) is 8.99. The minimum Gasteiger partial charge on any atom is -0.399 e. The Bertz CT molecular complexity index is 501. The van der Waals surface area contributed by atoms with E-state index in [1.807, 2.05) is 0 Å². The van der Waals surface area contributed by atoms with Gasteiger partial charge in [0.1, 0.15) is 6.04 Å². The largest absolute Gasteiger partial charge is 0.399 e. The highest BCUT2D eigenvalue weighted by Gasteiger charge is 2.32. The van der Waals surface area contributed by atoms with Gasteiger partial charge in [0.25, 0.3) is 5.91 Å². The van der Waals surface area contributed by atoms with Crippen LogP contribution < -0.4 is 11.5 Å². The molecule has 7 heteroatoms. The highest BCUT2D eigenvalue weighted by Crippen LogP contribution is 2.19. The van der Waals surface area contributed by atoms with Crippen LogP contribution in [0, 0.1) is 0 Å². The second-order valence-electron chi connectivity index (χ2n) is 4.26. The zero-order valence-corrected chi connectivity index (χ0v) is 10.9. The predicted octanol–water partition coefficient (Wildman–Crippen LogP) is 0.249. The molecule has 0 radical (unpaired) electrons. The molecule has 2 amide bonds. The number of carbonyl (C=O) groups excluding carboxylic acids is 2. The van der Waals surface area contributed by atoms with Crippen LogP contribution in [0.4, 0.5) is 5.69 Å². The fraction of sp³-hybridized carbons (Fsp3) is 0.333. The summed E-state index contributed by atoms with van der Waals surface area (Å²) in [7, 11) is 0. The highest BCUT2D eigenvalue weighted by atomic mass is 35.5. The van der Waals surface area contributed by atoms with Crippen molar-refractivity contribution >= 4 is 29.1 Å². The summed E-state index contributed by atoms with van der Waals surface area (Å²) < 4.78 is 5.16. The Labute approximate surface area is 115 Å². The molecule has 0 saturated carbocycles. The molecule has 1 aromatic carbocycles. The van der Waals surface area contributed by atoms with E-state index in [0.29, 0.717) is 29.4 Å². The lowest BCUT2D eigenvalue weighted by Crippen LogP contribution is -2.54. The van der Waals surface area contributed by atoms with Crippen molar-refractivity contribution in [1.29, 1.82) is 0 Å². The van der Waals surface area contributed by atoms with Gasteiger partial charge in [-0.25, -0.2) is 0 Å². The van der Waals surface area contributed by atoms with Gasteiger partial charge in [0.05, 0.1) is 13.2 Å². The molecule has 102 valence electrons. The number of nitrogens with zero attached hydrogens (tertiary/aromatic N) is 1. The number of ether oxygens (including phenoxy) is 1. The predicted molar refractivity (Wildman–Crippen MR) is 70.7 cm³/mol. The van der Waals surface area contributed by atoms with Crippen LogP contribution in [-0.2, 0) is 9.53 Å². The van der Waals surface area contributed by atoms with Gasteiger partial charge in [-0.15, -0.1) is 0 Å². The van der Waals surface area contributed by atoms with Crippen LogP contribution in [0.15, 0.2) is 18.2 Å². The van der Waals surface area contributed by atoms with Crippen LogP contribution in [0.5, 0.6) is 0 Å². The number of anilines is 1. The Hall–Kier alpha value is -1.79. The SMILES string of the molecule is NC(=O)C1COCCN1C(=O)c1cc(N)cc(Cl)c1. The van der Waals surface area contributed by atoms with Crippen molar-refractivity contribution in [2.75, 3.05) is 25.5 Å². The van der Waals surface area contributed by atoms with Gasteiger partial charge in [0.15, 0.2) is 0 Å². The number of carbonyl (C=O) groups is 2. The summed E-state index contributed by atoms with van der Waals surface area (Å²) in [6, 6.07) is 3.81. The van der Waals surface area contributed by atoms with E-state index in [1.54, 1.807) is 6.07 Å². The second-order valence-corrected chi connectivity index (χ2v) is 4.70. The number of hydrogen-bond donors (Lipinski definition) is 2. The first-order valence-corrected chi connectivity index (χ1v) is 6.11. The molecule has 1 fully saturated rings. The van der Waals surface area contributed by atoms with Gasteiger partial charge in [-0.2, -0.15) is 0 Å². The number of hydrogen-bond acceptors (Lipinski definition) is 4. The number of rotatable bonds is 2. The third-order valence-electron chi connectivity index (χ3n) is 2.88. The zero-order chi connectivity index (χ0) is 14.0. The summed E-state index contributed by atoms with van der Waals surface area (Å²) in [5.41, 5.74) is 11.6. The monoisotopic (exact) mass is 283 g/mol. The van der Waals surface area contributed by atoms with Crippen LogP contribution in [0.1, 0.15) is 10.4 Å². The van der Waals surface area contributed by atoms with E-state index in [-0.39, 0.29) is 12.5 Å². The lowest BCUT2D eigenvalue weighted by molar-refractivity contribution is -0.127. The van der Waals surface area contributed by atoms with Crippen LogP contribution in [-0.4, -0.2) is 42.5 Å². The number of primary amides is 1. The molecule has 4 N–H and O–H groups in total. The van der Waals surface area contributed by atoms with Crippen molar-refractivity contribution in [3.05, 3.63) is 28.8 Å². The van der Waals surface area contributed by atoms with Gasteiger partial charge in [-0.05, 0) is 18.2 Å². The smallest absolute Gasteiger partial charge is 0.254 e. The molecule has 1 atom stereocenters. The fourth-order valence-corrected chi connectivity index (χ4v) is 2.23. The molecule has 1 heterocycles. The maximum atomic E-state index is 12.4. The molecule has 19 heavy (non-hydrogen) atoms. The Morgan fingerprint density at radius 2 is 2.11 bits per heavy atom. The Morgan fingerprint density at radius 3 is 2.74 bits per heavy atom. The third kappa shape index (κ3) is 2.97. The van der Waals surface area contributed by atoms with E-state index in [1.165, 1.54) is 17.0 Å². The van der Waals surface area contributed by atoms with E-state index in [0.717, 1.165) is 0 Å². The number of nitrogen functional groups attached to an aromatic ring is 1. The second kappa shape index (κ2) is 5.46. The molecule has 2 rings (SSSR count). The van der Waals surface area contributed by atoms with E-state index in [9.17, 15) is 9.59 Å². The fourth-order valence-electron chi connectivity index (χ4n) is 1.98. The highest BCUT2D eigenvalue weighted by molar-refractivity contribution is 6.31. The maximum Gasteiger partial charge on any atom is 0.254 e. The van der Waals surface area contributed by atoms with Gasteiger partial charge in [0.2, 0.25) is 5.91 Å². The van der Waals surface area contributed by atoms with Gasteiger partial charge in [-0.3, -0.25) is 9.59 Å². The van der Waals surface area contributed by atoms with Crippen molar-refractivity contribution in [2.24, 2.45) is 5.73 Å². The summed E-state index contributed by atoms with van der Waals surface area (Å²) in [4.78, 5) is 25.1. The van der Waals surface area contributed by atoms with Gasteiger partial charge in [0, 0.05) is 22.8 Å². The Kier molecular flexibility index (Phi) is 3.92. The van der Waals surface area contributed by atoms with Crippen LogP contribution in [0.3, 0.4) is 0 Å². The van der Waals surface area contributed by atoms with Crippen LogP contribution in [0.2, 0.25) is 5.02 Å². The molecular weight excluding hydrogens is 270 g/mol. The first kappa shape index (κ1) is 13.6. The lowest BCUT2D eigenvalue weighted by Gasteiger charge is -2.33. The van der Waals surface area contributed by atoms with E-state index in [2.05, 4.69) is 0 Å². The molecule has 1 aliphatic rings. The van der Waals surface area contributed by atoms with Crippen molar-refractivity contribution in [2.45, 2.75) is 6.04 Å². The molecule has 1 aromatic rings. The van der Waals surface area contributed by atoms with E-state index >= 15 is 0 Å². The van der Waals surface area contributed by atoms with Crippen LogP contribution in [0.25, 0.3) is 0 Å². The molecule has 1 saturated heterocycles. The Balaban J connectivity index is 2.28. The quantitative estimate of drug-likeness (QED) is 0.760. The summed E-state index contributed by atoms with van der Waals surface area (Å²) >= 11 is 5.86. The minimum absolute atomic E-state index is 0.108. The molecule has 0 spiro atoms. The standard InChI is InChI=1S/C12H14ClN3O3/c13-8-3-7(4-9(14)5-8)12(18)16-1-2-19-6-10(16)11(15)17/h3-5,10H,1-2,6,14H2,(H2,15,17). The summed E-state index contributed by atoms with van der Waals surface area (Å²) in [5.74, 6) is -0.927. The summed E-state index contributed by atoms with van der Waals surface area (Å²) in [6.07, 6.45) is 0. The van der Waals surface area contributed by atoms with Gasteiger partial charge in [-0.1, -0.05) is 11.6 Å². The lowest BCUT2D eigenvalue weighted by atomic mass is 10.1. The van der Waals surface area contributed by atoms with E-state index < -0.39 is 11.9 Å². The zero-order valence-electron chi connectivity index (χ0n) is 10.1. The number of nitrogens with two attached hydrogens (primary N) is 2. The van der Waals surface area contributed by atoms with Gasteiger partial charge >= 0.3 is 0 Å². The normalized spacial score (nSPS) is 19.2. The number of benzene rings is 1. The van der Waals surface area contributed by atoms with Crippen molar-refractivity contribution in [3.63, 3.8) is 0 Å². The molecule has 1 aliphatic heterocycles. The topological polar surface area (TPSA) is 98.7 Å². The molecule has 6 nitrogen and oxygen atoms in total. The van der Waals surface area contributed by atoms with Gasteiger partial charge < -0.3 is 21.1 Å². The summed E-state index contributed by atoms with van der Waals surface area (Å²) in [6.45, 7) is 0.779. The first-order valence-electron chi connectivity index (χ1n) is 5.73. The molecular formula is C12H14ClN3O3. The average Bonchev–Trinajstić information content (AvgIpc) is 2.36. The third-order valence-corrected chi connectivity index (χ3v) is 3.10. The van der Waals surface area contributed by atoms with Crippen LogP contribution >= 0.6 is 11.6 Å². The summed E-state index contributed by atoms with van der Waals surface area (Å²) in [5, 5.41) is 0.368. The number of halogens is 1. The number of amides is 2. The molecule has 0 aliphatic carbocycles.